The van der Waals surface area contributed by atoms with E-state index in [1.54, 1.807) is 0 Å². The van der Waals surface area contributed by atoms with Crippen molar-refractivity contribution in [3.8, 4) is 0 Å². The van der Waals surface area contributed by atoms with Gasteiger partial charge in [0, 0.05) is 21.7 Å². The van der Waals surface area contributed by atoms with Gasteiger partial charge in [0.05, 0.1) is 0 Å². The maximum Gasteiger partial charge on any atom is 0 e. The van der Waals surface area contributed by atoms with E-state index in [9.17, 15) is 0 Å². The van der Waals surface area contributed by atoms with Crippen LogP contribution in [0.3, 0.4) is 0 Å². The fourth-order valence-corrected chi connectivity index (χ4v) is 0. The van der Waals surface area contributed by atoms with Crippen molar-refractivity contribution in [2.75, 3.05) is 0 Å². The van der Waals surface area contributed by atoms with Gasteiger partial charge in [0.15, 0.2) is 0 Å². The van der Waals surface area contributed by atoms with Crippen molar-refractivity contribution < 1.29 is 56.3 Å². The van der Waals surface area contributed by atoms with Gasteiger partial charge >= 0.3 is 34.6 Å². The molecule has 0 radical (unpaired) electrons. The zero-order valence-corrected chi connectivity index (χ0v) is 5.86. The van der Waals surface area contributed by atoms with Gasteiger partial charge in [-0.05, 0) is 0 Å². The molecule has 7 heavy (non-hydrogen) atoms. The molecule has 0 spiro atoms. The Kier molecular flexibility index (Phi) is 5.63. The van der Waals surface area contributed by atoms with Crippen molar-refractivity contribution in [3.05, 3.63) is 0 Å². The smallest absolute Gasteiger partial charge is 0 e. The van der Waals surface area contributed by atoms with E-state index < -0.39 is 13.6 Å². The molecule has 0 aromatic heterocycles. The monoisotopic (exact) mass is 182 g/mol. The Hall–Kier alpha value is 0.727. The molecule has 0 aliphatic heterocycles. The van der Waals surface area contributed by atoms with Crippen LogP contribution in [0.5, 0.6) is 0 Å². The second kappa shape index (κ2) is 3.70. The summed E-state index contributed by atoms with van der Waals surface area (Å²) in [5, 5.41) is 7.10. The zero-order valence-electron chi connectivity index (χ0n) is 3.03. The first kappa shape index (κ1) is 10.7. The van der Waals surface area contributed by atoms with Gasteiger partial charge in [-0.15, -0.1) is 0 Å². The largest absolute Gasteiger partial charge is 0 e. The fourth-order valence-electron chi connectivity index (χ4n) is 0. The van der Waals surface area contributed by atoms with Crippen LogP contribution < -0.4 is 0 Å². The summed E-state index contributed by atoms with van der Waals surface area (Å²) in [7, 11) is 0. The molecular formula is H2CrO5Ti. The molecular weight excluding hydrogens is 180 g/mol. The van der Waals surface area contributed by atoms with E-state index in [-0.39, 0.29) is 21.7 Å². The SMILES string of the molecule is [O]=[Cr](=[O])([OH])[O]O.[Ti]. The molecule has 7 heteroatoms. The second-order valence-corrected chi connectivity index (χ2v) is 2.07. The molecule has 0 saturated carbocycles. The van der Waals surface area contributed by atoms with E-state index in [2.05, 4.69) is 3.94 Å². The van der Waals surface area contributed by atoms with Crippen LogP contribution in [-0.4, -0.2) is 9.42 Å². The van der Waals surface area contributed by atoms with Crippen LogP contribution in [0.15, 0.2) is 0 Å². The van der Waals surface area contributed by atoms with E-state index in [0.717, 1.165) is 0 Å². The third kappa shape index (κ3) is 10.8. The van der Waals surface area contributed by atoms with Crippen LogP contribution in [0.2, 0.25) is 0 Å². The first-order chi connectivity index (χ1) is 2.56. The molecule has 0 rings (SSSR count). The van der Waals surface area contributed by atoms with Crippen LogP contribution in [-0.2, 0) is 46.9 Å². The molecule has 0 unspecified atom stereocenters. The standard InChI is InChI=1S/Cr.H2O2.H2O.2O.Ti/c;1-2;;;;/h;1-2H;1H2;;;/q+2;;;;;/p-2. The van der Waals surface area contributed by atoms with Crippen LogP contribution >= 0.6 is 0 Å². The van der Waals surface area contributed by atoms with Crippen molar-refractivity contribution in [3.63, 3.8) is 0 Å². The topological polar surface area (TPSA) is 83.8 Å². The van der Waals surface area contributed by atoms with E-state index >= 15 is 0 Å². The molecule has 0 saturated heterocycles. The molecule has 0 bridgehead atoms. The first-order valence-electron chi connectivity index (χ1n) is 0.865. The van der Waals surface area contributed by atoms with Crippen LogP contribution in [0.1, 0.15) is 0 Å². The maximum atomic E-state index is 9.16. The maximum absolute atomic E-state index is 9.16. The average Bonchev–Trinajstić information content (AvgIpc) is 1.35. The van der Waals surface area contributed by atoms with Crippen molar-refractivity contribution in [1.29, 1.82) is 0 Å². The molecule has 42 valence electrons. The quantitative estimate of drug-likeness (QED) is 0.313. The Bertz CT molecular complexity index is 110. The third-order valence-corrected chi connectivity index (χ3v) is 0.388. The Morgan fingerprint density at radius 1 is 1.43 bits per heavy atom. The van der Waals surface area contributed by atoms with Crippen LogP contribution in [0.4, 0.5) is 0 Å². The van der Waals surface area contributed by atoms with Crippen molar-refractivity contribution >= 4 is 0 Å². The molecule has 5 nitrogen and oxygen atoms in total. The Labute approximate surface area is 56.5 Å². The van der Waals surface area contributed by atoms with Crippen molar-refractivity contribution in [2.45, 2.75) is 0 Å². The molecule has 0 aliphatic rings. The summed E-state index contributed by atoms with van der Waals surface area (Å²) in [5.41, 5.74) is 0. The van der Waals surface area contributed by atoms with Crippen LogP contribution in [0, 0.1) is 0 Å². The van der Waals surface area contributed by atoms with Gasteiger partial charge in [-0.3, -0.25) is 0 Å². The minimum Gasteiger partial charge on any atom is 0 e. The molecule has 0 amide bonds. The molecule has 0 aliphatic carbocycles. The van der Waals surface area contributed by atoms with Gasteiger partial charge in [0.1, 0.15) is 0 Å². The minimum atomic E-state index is -5.22. The Morgan fingerprint density at radius 2 is 1.57 bits per heavy atom. The summed E-state index contributed by atoms with van der Waals surface area (Å²) in [6.07, 6.45) is 0. The van der Waals surface area contributed by atoms with Crippen molar-refractivity contribution in [1.82, 2.24) is 0 Å². The van der Waals surface area contributed by atoms with Crippen molar-refractivity contribution in [2.24, 2.45) is 0 Å². The van der Waals surface area contributed by atoms with Gasteiger partial charge in [0.2, 0.25) is 0 Å². The Balaban J connectivity index is 0. The normalized spacial score (nSPS) is 10.0. The summed E-state index contributed by atoms with van der Waals surface area (Å²) in [6, 6.07) is 0. The van der Waals surface area contributed by atoms with Gasteiger partial charge in [-0.2, -0.15) is 0 Å². The third-order valence-electron chi connectivity index (χ3n) is 0.0942. The van der Waals surface area contributed by atoms with E-state index in [0.29, 0.717) is 0 Å². The molecule has 0 aromatic rings. The predicted octanol–water partition coefficient (Wildman–Crippen LogP) is -0.859. The summed E-state index contributed by atoms with van der Waals surface area (Å²) >= 11 is -5.22. The van der Waals surface area contributed by atoms with E-state index in [1.807, 2.05) is 0 Å². The molecule has 0 aromatic carbocycles. The molecule has 2 N–H and O–H groups in total. The molecule has 0 atom stereocenters. The number of hydrogen-bond acceptors (Lipinski definition) is 4. The molecule has 0 fully saturated rings. The van der Waals surface area contributed by atoms with E-state index in [4.69, 9.17) is 17.0 Å². The summed E-state index contributed by atoms with van der Waals surface area (Å²) < 4.78 is 28.2. The summed E-state index contributed by atoms with van der Waals surface area (Å²) in [5.74, 6) is 0. The zero-order chi connectivity index (χ0) is 5.21. The fraction of sp³-hybridized carbons (Fsp3) is 0. The Morgan fingerprint density at radius 3 is 1.57 bits per heavy atom. The summed E-state index contributed by atoms with van der Waals surface area (Å²) in [6.45, 7) is 0. The van der Waals surface area contributed by atoms with Gasteiger partial charge < -0.3 is 0 Å². The number of hydrogen-bond donors (Lipinski definition) is 2. The van der Waals surface area contributed by atoms with Gasteiger partial charge in [0.25, 0.3) is 0 Å². The van der Waals surface area contributed by atoms with Gasteiger partial charge in [-0.1, -0.05) is 0 Å². The average molecular weight is 182 g/mol. The number of rotatable bonds is 1. The van der Waals surface area contributed by atoms with Crippen LogP contribution in [0.25, 0.3) is 0 Å². The second-order valence-electron chi connectivity index (χ2n) is 0.502. The first-order valence-corrected chi connectivity index (χ1v) is 3.00. The predicted molar refractivity (Wildman–Crippen MR) is 7.31 cm³/mol. The summed E-state index contributed by atoms with van der Waals surface area (Å²) in [4.78, 5) is 0. The minimum absolute atomic E-state index is 0. The molecule has 0 heterocycles. The van der Waals surface area contributed by atoms with Gasteiger partial charge in [-0.25, -0.2) is 0 Å². The van der Waals surface area contributed by atoms with E-state index in [1.165, 1.54) is 0 Å².